The summed E-state index contributed by atoms with van der Waals surface area (Å²) in [6.45, 7) is 0. The van der Waals surface area contributed by atoms with Crippen LogP contribution in [0.3, 0.4) is 0 Å². The lowest BCUT2D eigenvalue weighted by atomic mass is 15.0. The van der Waals surface area contributed by atoms with Crippen LogP contribution in [0.1, 0.15) is 2.85 Å². The molecule has 0 unspecified atom stereocenters. The molecule has 0 saturated carbocycles. The number of hydrogen-bond acceptors (Lipinski definition) is 5. The Kier molecular flexibility index (Phi) is 8200. The molecular formula is H8O6. The van der Waals surface area contributed by atoms with Crippen LogP contribution in [-0.2, 0) is 0 Å². The van der Waals surface area contributed by atoms with Crippen molar-refractivity contribution in [3.05, 3.63) is 0 Å². The highest BCUT2D eigenvalue weighted by Crippen LogP contribution is 0.711. The van der Waals surface area contributed by atoms with Gasteiger partial charge in [0, 0.05) is 0 Å². The Morgan fingerprint density at radius 3 is 1.17 bits per heavy atom. The van der Waals surface area contributed by atoms with Crippen LogP contribution in [0.5, 0.6) is 0 Å². The molecule has 0 bridgehead atoms. The summed E-state index contributed by atoms with van der Waals surface area (Å²) < 4.78 is 0. The summed E-state index contributed by atoms with van der Waals surface area (Å²) >= 11 is 0. The molecule has 0 aliphatic rings. The lowest BCUT2D eigenvalue weighted by molar-refractivity contribution is -0.670. The quantitative estimate of drug-likeness (QED) is 0.241. The van der Waals surface area contributed by atoms with Gasteiger partial charge in [0.1, 0.15) is 0 Å². The highest BCUT2D eigenvalue weighted by atomic mass is 17.0. The van der Waals surface area contributed by atoms with Gasteiger partial charge in [-0.3, -0.25) is 10.5 Å². The zero-order chi connectivity index (χ0) is 4.00. The minimum Gasteiger partial charge on any atom is -0.870 e. The molecule has 6 N–H and O–H groups in total. The van der Waals surface area contributed by atoms with Gasteiger partial charge in [0.15, 0.2) is 0 Å². The van der Waals surface area contributed by atoms with E-state index in [4.69, 9.17) is 21.0 Å². The fourth-order valence-electron chi connectivity index (χ4n) is 0. The van der Waals surface area contributed by atoms with Gasteiger partial charge in [-0.1, -0.05) is 0 Å². The zero-order valence-electron chi connectivity index (χ0n) is 4.70. The van der Waals surface area contributed by atoms with Crippen molar-refractivity contribution in [1.29, 1.82) is 0 Å². The Labute approximate surface area is 36.3 Å². The van der Waals surface area contributed by atoms with Gasteiger partial charge in [-0.2, -0.15) is 0 Å². The molecule has 6 heteroatoms. The van der Waals surface area contributed by atoms with Gasteiger partial charge in [0.25, 0.3) is 0 Å². The minimum atomic E-state index is 0. The predicted molar refractivity (Wildman–Crippen MR) is 15.7 cm³/mol. The lowest BCUT2D eigenvalue weighted by Gasteiger charge is -1.61. The van der Waals surface area contributed by atoms with Gasteiger partial charge in [0.2, 0.25) is 0 Å². The molecular weight excluding hydrogens is 96.0 g/mol. The van der Waals surface area contributed by atoms with Gasteiger partial charge in [0.05, 0.1) is 0 Å². The first kappa shape index (κ1) is 42.1. The summed E-state index contributed by atoms with van der Waals surface area (Å²) in [5.74, 6) is 0. The molecule has 0 aliphatic heterocycles. The molecule has 44 valence electrons. The highest BCUT2D eigenvalue weighted by Gasteiger charge is 0.745. The molecule has 0 atom stereocenters. The highest BCUT2D eigenvalue weighted by molar-refractivity contribution is 1.82. The maximum atomic E-state index is 7.25. The Hall–Kier alpha value is -0.240. The third kappa shape index (κ3) is 497. The molecule has 6 heavy (non-hydrogen) atoms. The van der Waals surface area contributed by atoms with Crippen LogP contribution >= 0.6 is 0 Å². The SMILES string of the molecule is O.OO.[H+].[H+].[O-]O.[OH-]. The molecule has 0 saturated heterocycles. The molecule has 6 nitrogen and oxygen atoms in total. The number of rotatable bonds is 0. The fraction of sp³-hybridized carbons (Fsp3) is 0. The molecule has 0 rings (SSSR count). The van der Waals surface area contributed by atoms with Gasteiger partial charge in [-0.05, 0) is 0 Å². The Balaban J connectivity index is -0.00000000167. The van der Waals surface area contributed by atoms with Crippen molar-refractivity contribution in [1.82, 2.24) is 0 Å². The standard InChI is InChI=1S/2H2O2.2H2O/c2*1-2;;/h2*1-2H;2*1H2. The van der Waals surface area contributed by atoms with E-state index in [1.807, 2.05) is 0 Å². The van der Waals surface area contributed by atoms with Crippen LogP contribution < -0.4 is 5.26 Å². The Morgan fingerprint density at radius 1 is 1.17 bits per heavy atom. The van der Waals surface area contributed by atoms with Crippen LogP contribution in [0.25, 0.3) is 0 Å². The molecule has 0 fully saturated rings. The minimum absolute atomic E-state index is 0. The smallest absolute Gasteiger partial charge is 0.870 e. The Morgan fingerprint density at radius 2 is 1.17 bits per heavy atom. The Bertz CT molecular complexity index is 6.49. The molecule has 0 amide bonds. The molecule has 0 radical (unpaired) electrons. The second-order valence-corrected chi connectivity index (χ2v) is 0. The first-order chi connectivity index (χ1) is 2.00. The first-order valence-electron chi connectivity index (χ1n) is 0.383. The average Bonchev–Trinajstić information content (AvgIpc) is 1.50. The molecule has 0 aromatic heterocycles. The second-order valence-electron chi connectivity index (χ2n) is 0. The average molecular weight is 104 g/mol. The summed E-state index contributed by atoms with van der Waals surface area (Å²) in [6.07, 6.45) is 0. The van der Waals surface area contributed by atoms with Crippen molar-refractivity contribution in [2.45, 2.75) is 0 Å². The molecule has 0 spiro atoms. The van der Waals surface area contributed by atoms with Crippen LogP contribution in [0.15, 0.2) is 0 Å². The van der Waals surface area contributed by atoms with E-state index in [1.165, 1.54) is 0 Å². The monoisotopic (exact) mass is 104 g/mol. The van der Waals surface area contributed by atoms with E-state index in [-0.39, 0.29) is 13.8 Å². The van der Waals surface area contributed by atoms with Crippen molar-refractivity contribution < 1.29 is 34.8 Å². The third-order valence-corrected chi connectivity index (χ3v) is 0. The van der Waals surface area contributed by atoms with Crippen molar-refractivity contribution in [3.8, 4) is 0 Å². The van der Waals surface area contributed by atoms with Gasteiger partial charge < -0.3 is 21.5 Å². The van der Waals surface area contributed by atoms with Crippen molar-refractivity contribution in [2.75, 3.05) is 0 Å². The predicted octanol–water partition coefficient (Wildman–Crippen LogP) is -1.94. The van der Waals surface area contributed by atoms with Crippen molar-refractivity contribution in [2.24, 2.45) is 0 Å². The maximum absolute atomic E-state index is 7.25. The molecule has 0 aromatic rings. The van der Waals surface area contributed by atoms with E-state index in [0.717, 1.165) is 0 Å². The van der Waals surface area contributed by atoms with Crippen LogP contribution in [0.4, 0.5) is 0 Å². The fourth-order valence-corrected chi connectivity index (χ4v) is 0. The van der Waals surface area contributed by atoms with E-state index >= 15 is 0 Å². The topological polar surface area (TPSA) is 145 Å². The van der Waals surface area contributed by atoms with E-state index in [9.17, 15) is 0 Å². The van der Waals surface area contributed by atoms with Crippen molar-refractivity contribution in [3.63, 3.8) is 0 Å². The van der Waals surface area contributed by atoms with E-state index in [2.05, 4.69) is 0 Å². The summed E-state index contributed by atoms with van der Waals surface area (Å²) in [5, 5.41) is 25.0. The zero-order valence-corrected chi connectivity index (χ0v) is 2.70. The maximum Gasteiger partial charge on any atom is 1.00 e. The first-order valence-corrected chi connectivity index (χ1v) is 0.383. The normalized spacial score (nSPS) is 2.00. The van der Waals surface area contributed by atoms with Crippen LogP contribution in [-0.4, -0.2) is 26.7 Å². The third-order valence-electron chi connectivity index (χ3n) is 0. The van der Waals surface area contributed by atoms with Gasteiger partial charge in [-0.15, -0.1) is 0 Å². The van der Waals surface area contributed by atoms with Gasteiger partial charge in [-0.25, -0.2) is 0 Å². The van der Waals surface area contributed by atoms with Crippen LogP contribution in [0.2, 0.25) is 0 Å². The summed E-state index contributed by atoms with van der Waals surface area (Å²) in [4.78, 5) is 0. The molecule has 0 heterocycles. The van der Waals surface area contributed by atoms with Crippen LogP contribution in [0, 0.1) is 0 Å². The lowest BCUT2D eigenvalue weighted by Crippen LogP contribution is -1.84. The van der Waals surface area contributed by atoms with E-state index in [1.54, 1.807) is 0 Å². The van der Waals surface area contributed by atoms with Crippen molar-refractivity contribution >= 4 is 0 Å². The largest absolute Gasteiger partial charge is 1.00 e. The molecule has 0 aliphatic carbocycles. The van der Waals surface area contributed by atoms with E-state index < -0.39 is 0 Å². The van der Waals surface area contributed by atoms with E-state index in [0.29, 0.717) is 0 Å². The van der Waals surface area contributed by atoms with Gasteiger partial charge >= 0.3 is 2.85 Å². The second kappa shape index (κ2) is 1170. The molecule has 0 aromatic carbocycles. The number of hydrogen-bond donors (Lipinski definition) is 3. The summed E-state index contributed by atoms with van der Waals surface area (Å²) in [5.41, 5.74) is 0. The summed E-state index contributed by atoms with van der Waals surface area (Å²) in [6, 6.07) is 0. The summed E-state index contributed by atoms with van der Waals surface area (Å²) in [7, 11) is 0.